The highest BCUT2D eigenvalue weighted by molar-refractivity contribution is 7.99. The summed E-state index contributed by atoms with van der Waals surface area (Å²) < 4.78 is 2.11. The Kier molecular flexibility index (Phi) is 5.19. The minimum Gasteiger partial charge on any atom is -0.324 e. The summed E-state index contributed by atoms with van der Waals surface area (Å²) in [6.07, 6.45) is 0. The van der Waals surface area contributed by atoms with Crippen LogP contribution < -0.4 is 5.32 Å². The Balaban J connectivity index is 1.53. The number of carbonyl (C=O) groups excluding carboxylic acids is 1. The van der Waals surface area contributed by atoms with Gasteiger partial charge in [-0.2, -0.15) is 0 Å². The van der Waals surface area contributed by atoms with E-state index in [9.17, 15) is 4.79 Å². The number of thioether (sulfide) groups is 1. The van der Waals surface area contributed by atoms with Crippen LogP contribution in [-0.2, 0) is 11.3 Å². The average molecular weight is 412 g/mol. The zero-order valence-corrected chi connectivity index (χ0v) is 17.0. The van der Waals surface area contributed by atoms with Gasteiger partial charge in [0.05, 0.1) is 22.0 Å². The molecule has 0 unspecified atom stereocenters. The molecular formula is C20H18ClN5OS. The molecule has 0 aliphatic rings. The summed E-state index contributed by atoms with van der Waals surface area (Å²) in [4.78, 5) is 16.9. The molecule has 0 saturated heterocycles. The molecular weight excluding hydrogens is 394 g/mol. The van der Waals surface area contributed by atoms with Crippen molar-refractivity contribution in [3.05, 3.63) is 53.1 Å². The van der Waals surface area contributed by atoms with Gasteiger partial charge in [-0.3, -0.25) is 4.79 Å². The molecule has 0 spiro atoms. The zero-order valence-electron chi connectivity index (χ0n) is 15.4. The Bertz CT molecular complexity index is 1190. The van der Waals surface area contributed by atoms with Crippen LogP contribution in [0.1, 0.15) is 12.5 Å². The molecule has 0 bridgehead atoms. The summed E-state index contributed by atoms with van der Waals surface area (Å²) >= 11 is 7.42. The van der Waals surface area contributed by atoms with Gasteiger partial charge < -0.3 is 9.88 Å². The number of aromatic nitrogens is 4. The van der Waals surface area contributed by atoms with Gasteiger partial charge in [-0.15, -0.1) is 10.2 Å². The van der Waals surface area contributed by atoms with Crippen molar-refractivity contribution < 1.29 is 4.79 Å². The van der Waals surface area contributed by atoms with Crippen molar-refractivity contribution >= 4 is 57.0 Å². The maximum Gasteiger partial charge on any atom is 0.234 e. The van der Waals surface area contributed by atoms with E-state index in [-0.39, 0.29) is 11.7 Å². The third-order valence-electron chi connectivity index (χ3n) is 4.40. The number of anilines is 1. The number of halogens is 1. The van der Waals surface area contributed by atoms with Gasteiger partial charge in [-0.1, -0.05) is 47.6 Å². The van der Waals surface area contributed by atoms with Crippen molar-refractivity contribution in [1.29, 1.82) is 0 Å². The maximum atomic E-state index is 12.3. The molecule has 1 N–H and O–H groups in total. The topological polar surface area (TPSA) is 72.7 Å². The molecule has 2 heterocycles. The first-order chi connectivity index (χ1) is 13.6. The average Bonchev–Trinajstić information content (AvgIpc) is 3.01. The summed E-state index contributed by atoms with van der Waals surface area (Å²) in [5.74, 6) is -0.000465. The third-order valence-corrected chi connectivity index (χ3v) is 5.55. The van der Waals surface area contributed by atoms with E-state index in [1.807, 2.05) is 43.3 Å². The number of nitrogens with one attached hydrogen (secondary N) is 1. The van der Waals surface area contributed by atoms with Crippen LogP contribution in [0.25, 0.3) is 22.1 Å². The maximum absolute atomic E-state index is 12.3. The van der Waals surface area contributed by atoms with Gasteiger partial charge in [0, 0.05) is 11.9 Å². The Morgan fingerprint density at radius 1 is 1.21 bits per heavy atom. The second-order valence-electron chi connectivity index (χ2n) is 6.35. The van der Waals surface area contributed by atoms with Crippen molar-refractivity contribution in [2.75, 3.05) is 11.1 Å². The molecule has 0 aliphatic heterocycles. The van der Waals surface area contributed by atoms with Crippen LogP contribution in [0.15, 0.2) is 47.6 Å². The number of carbonyl (C=O) groups is 1. The van der Waals surface area contributed by atoms with E-state index in [1.165, 1.54) is 11.8 Å². The highest BCUT2D eigenvalue weighted by Crippen LogP contribution is 2.27. The summed E-state index contributed by atoms with van der Waals surface area (Å²) in [6, 6.07) is 13.6. The van der Waals surface area contributed by atoms with E-state index < -0.39 is 0 Å². The quantitative estimate of drug-likeness (QED) is 0.482. The van der Waals surface area contributed by atoms with Gasteiger partial charge in [-0.25, -0.2) is 4.98 Å². The lowest BCUT2D eigenvalue weighted by Gasteiger charge is -2.07. The number of benzene rings is 2. The number of hydrogen-bond acceptors (Lipinski definition) is 5. The Labute approximate surface area is 171 Å². The smallest absolute Gasteiger partial charge is 0.234 e. The van der Waals surface area contributed by atoms with E-state index in [0.29, 0.717) is 15.9 Å². The van der Waals surface area contributed by atoms with Crippen molar-refractivity contribution in [1.82, 2.24) is 19.7 Å². The monoisotopic (exact) mass is 411 g/mol. The second-order valence-corrected chi connectivity index (χ2v) is 7.70. The molecule has 4 rings (SSSR count). The van der Waals surface area contributed by atoms with Gasteiger partial charge in [0.1, 0.15) is 5.52 Å². The SMILES string of the molecule is CCn1c2ccccc2c2nnc(SCC(=O)Nc3ccc(C)cc3Cl)nc21. The fourth-order valence-electron chi connectivity index (χ4n) is 3.11. The van der Waals surface area contributed by atoms with Crippen molar-refractivity contribution in [3.63, 3.8) is 0 Å². The molecule has 28 heavy (non-hydrogen) atoms. The van der Waals surface area contributed by atoms with Gasteiger partial charge in [0.2, 0.25) is 11.1 Å². The molecule has 142 valence electrons. The lowest BCUT2D eigenvalue weighted by Crippen LogP contribution is -2.14. The summed E-state index contributed by atoms with van der Waals surface area (Å²) in [5.41, 5.74) is 4.27. The highest BCUT2D eigenvalue weighted by atomic mass is 35.5. The first-order valence-corrected chi connectivity index (χ1v) is 10.2. The Morgan fingerprint density at radius 3 is 2.82 bits per heavy atom. The Hall–Kier alpha value is -2.64. The molecule has 0 fully saturated rings. The predicted molar refractivity (Wildman–Crippen MR) is 114 cm³/mol. The zero-order chi connectivity index (χ0) is 19.7. The number of hydrogen-bond donors (Lipinski definition) is 1. The Morgan fingerprint density at radius 2 is 2.04 bits per heavy atom. The highest BCUT2D eigenvalue weighted by Gasteiger charge is 2.14. The molecule has 2 aromatic carbocycles. The molecule has 2 aromatic heterocycles. The fourth-order valence-corrected chi connectivity index (χ4v) is 3.97. The first kappa shape index (κ1) is 18.7. The largest absolute Gasteiger partial charge is 0.324 e. The van der Waals surface area contributed by atoms with E-state index in [1.54, 1.807) is 6.07 Å². The molecule has 0 atom stereocenters. The van der Waals surface area contributed by atoms with Crippen LogP contribution in [0.2, 0.25) is 5.02 Å². The number of para-hydroxylation sites is 1. The summed E-state index contributed by atoms with van der Waals surface area (Å²) in [7, 11) is 0. The van der Waals surface area contributed by atoms with E-state index in [0.717, 1.165) is 34.2 Å². The lowest BCUT2D eigenvalue weighted by atomic mass is 10.2. The lowest BCUT2D eigenvalue weighted by molar-refractivity contribution is -0.113. The van der Waals surface area contributed by atoms with Crippen LogP contribution in [0.3, 0.4) is 0 Å². The number of fused-ring (bicyclic) bond motifs is 3. The normalized spacial score (nSPS) is 11.2. The number of rotatable bonds is 5. The summed E-state index contributed by atoms with van der Waals surface area (Å²) in [6.45, 7) is 4.79. The van der Waals surface area contributed by atoms with E-state index >= 15 is 0 Å². The third kappa shape index (κ3) is 3.55. The molecule has 0 aliphatic carbocycles. The number of nitrogens with zero attached hydrogens (tertiary/aromatic N) is 4. The molecule has 6 nitrogen and oxygen atoms in total. The van der Waals surface area contributed by atoms with Crippen molar-refractivity contribution in [2.24, 2.45) is 0 Å². The minimum atomic E-state index is -0.171. The number of aryl methyl sites for hydroxylation is 2. The van der Waals surface area contributed by atoms with Gasteiger partial charge >= 0.3 is 0 Å². The second kappa shape index (κ2) is 7.77. The van der Waals surface area contributed by atoms with Crippen molar-refractivity contribution in [2.45, 2.75) is 25.5 Å². The number of amides is 1. The molecule has 4 aromatic rings. The van der Waals surface area contributed by atoms with Crippen LogP contribution in [0.5, 0.6) is 0 Å². The van der Waals surface area contributed by atoms with Gasteiger partial charge in [0.15, 0.2) is 5.65 Å². The fraction of sp³-hybridized carbons (Fsp3) is 0.200. The molecule has 1 amide bonds. The summed E-state index contributed by atoms with van der Waals surface area (Å²) in [5, 5.41) is 13.4. The first-order valence-electron chi connectivity index (χ1n) is 8.87. The van der Waals surface area contributed by atoms with Gasteiger partial charge in [-0.05, 0) is 37.6 Å². The van der Waals surface area contributed by atoms with Crippen LogP contribution in [0, 0.1) is 6.92 Å². The van der Waals surface area contributed by atoms with E-state index in [4.69, 9.17) is 11.6 Å². The predicted octanol–water partition coefficient (Wildman–Crippen LogP) is 4.69. The molecule has 8 heteroatoms. The standard InChI is InChI=1S/C20H18ClN5OS/c1-3-26-16-7-5-4-6-13(16)18-19(26)23-20(25-24-18)28-11-17(27)22-15-9-8-12(2)10-14(15)21/h4-10H,3,11H2,1-2H3,(H,22,27). The van der Waals surface area contributed by atoms with Gasteiger partial charge in [0.25, 0.3) is 0 Å². The molecule has 0 radical (unpaired) electrons. The van der Waals surface area contributed by atoms with Crippen molar-refractivity contribution in [3.8, 4) is 0 Å². The van der Waals surface area contributed by atoms with E-state index in [2.05, 4.69) is 32.0 Å². The molecule has 0 saturated carbocycles. The van der Waals surface area contributed by atoms with Crippen LogP contribution in [-0.4, -0.2) is 31.4 Å². The van der Waals surface area contributed by atoms with Crippen LogP contribution >= 0.6 is 23.4 Å². The van der Waals surface area contributed by atoms with Crippen LogP contribution in [0.4, 0.5) is 5.69 Å². The minimum absolute atomic E-state index is 0.170.